The summed E-state index contributed by atoms with van der Waals surface area (Å²) in [5.41, 5.74) is 0.172. The summed E-state index contributed by atoms with van der Waals surface area (Å²) in [6, 6.07) is 7.77. The maximum atomic E-state index is 12.7. The van der Waals surface area contributed by atoms with Gasteiger partial charge in [0.15, 0.2) is 0 Å². The van der Waals surface area contributed by atoms with Crippen LogP contribution in [-0.2, 0) is 9.47 Å². The van der Waals surface area contributed by atoms with E-state index in [4.69, 9.17) is 9.47 Å². The van der Waals surface area contributed by atoms with Crippen molar-refractivity contribution < 1.29 is 19.1 Å². The third-order valence-electron chi connectivity index (χ3n) is 3.75. The molecule has 0 aromatic carbocycles. The van der Waals surface area contributed by atoms with Gasteiger partial charge < -0.3 is 9.47 Å². The number of thiophene rings is 3. The molecule has 30 heavy (non-hydrogen) atoms. The zero-order valence-electron chi connectivity index (χ0n) is 16.7. The molecule has 0 radical (unpaired) electrons. The van der Waals surface area contributed by atoms with Crippen LogP contribution in [0.1, 0.15) is 49.2 Å². The molecule has 0 spiro atoms. The van der Waals surface area contributed by atoms with E-state index in [1.54, 1.807) is 37.6 Å². The summed E-state index contributed by atoms with van der Waals surface area (Å²) in [7, 11) is 0. The predicted octanol–water partition coefficient (Wildman–Crippen LogP) is 6.03. The topological polar surface area (TPSA) is 77.3 Å². The van der Waals surface area contributed by atoms with Crippen molar-refractivity contribution in [1.82, 2.24) is 0 Å². The summed E-state index contributed by atoms with van der Waals surface area (Å²) in [6.45, 7) is 5.78. The second-order valence-corrected chi connectivity index (χ2v) is 9.16. The van der Waals surface area contributed by atoms with Gasteiger partial charge in [0, 0.05) is 27.1 Å². The molecule has 0 N–H and O–H groups in total. The Morgan fingerprint density at radius 2 is 1.50 bits per heavy atom. The molecule has 0 fully saturated rings. The second kappa shape index (κ2) is 10.4. The van der Waals surface area contributed by atoms with Gasteiger partial charge in [0.05, 0.1) is 13.2 Å². The average Bonchev–Trinajstić information content (AvgIpc) is 3.45. The van der Waals surface area contributed by atoms with Crippen LogP contribution in [0.4, 0.5) is 10.0 Å². The SMILES string of the molecule is CCOC(=O)c1c(N=Cc2cccs2)sc(N=Cc2ccc(C)s2)c1C(=O)OCC. The van der Waals surface area contributed by atoms with Crippen LogP contribution in [0.3, 0.4) is 0 Å². The molecule has 3 heterocycles. The Morgan fingerprint density at radius 3 is 1.97 bits per heavy atom. The van der Waals surface area contributed by atoms with Gasteiger partial charge >= 0.3 is 11.9 Å². The Bertz CT molecular complexity index is 1080. The maximum absolute atomic E-state index is 12.7. The Morgan fingerprint density at radius 1 is 0.900 bits per heavy atom. The van der Waals surface area contributed by atoms with Gasteiger partial charge in [-0.2, -0.15) is 0 Å². The van der Waals surface area contributed by atoms with Crippen molar-refractivity contribution in [3.8, 4) is 0 Å². The van der Waals surface area contributed by atoms with E-state index >= 15 is 0 Å². The lowest BCUT2D eigenvalue weighted by Gasteiger charge is -2.05. The highest BCUT2D eigenvalue weighted by molar-refractivity contribution is 7.20. The molecule has 0 aliphatic rings. The van der Waals surface area contributed by atoms with Gasteiger partial charge in [-0.1, -0.05) is 17.4 Å². The molecule has 0 saturated heterocycles. The van der Waals surface area contributed by atoms with Crippen LogP contribution in [0.5, 0.6) is 0 Å². The van der Waals surface area contributed by atoms with E-state index in [-0.39, 0.29) is 24.3 Å². The van der Waals surface area contributed by atoms with Crippen LogP contribution in [0.25, 0.3) is 0 Å². The summed E-state index contributed by atoms with van der Waals surface area (Å²) in [5.74, 6) is -1.24. The molecule has 3 aromatic rings. The first-order chi connectivity index (χ1) is 14.5. The summed E-state index contributed by atoms with van der Waals surface area (Å²) >= 11 is 4.26. The van der Waals surface area contributed by atoms with E-state index in [1.807, 2.05) is 36.6 Å². The molecule has 156 valence electrons. The van der Waals surface area contributed by atoms with Gasteiger partial charge in [0.2, 0.25) is 0 Å². The van der Waals surface area contributed by atoms with Crippen LogP contribution in [-0.4, -0.2) is 37.6 Å². The zero-order chi connectivity index (χ0) is 21.5. The minimum Gasteiger partial charge on any atom is -0.462 e. The third-order valence-corrected chi connectivity index (χ3v) is 6.50. The molecule has 0 aliphatic heterocycles. The van der Waals surface area contributed by atoms with Crippen LogP contribution < -0.4 is 0 Å². The largest absolute Gasteiger partial charge is 0.462 e. The van der Waals surface area contributed by atoms with Crippen LogP contribution >= 0.6 is 34.0 Å². The van der Waals surface area contributed by atoms with Crippen LogP contribution in [0.2, 0.25) is 0 Å². The maximum Gasteiger partial charge on any atom is 0.342 e. The lowest BCUT2D eigenvalue weighted by Crippen LogP contribution is -2.12. The Balaban J connectivity index is 2.11. The van der Waals surface area contributed by atoms with Gasteiger partial charge in [-0.15, -0.1) is 22.7 Å². The van der Waals surface area contributed by atoms with E-state index in [0.717, 1.165) is 26.0 Å². The number of hydrogen-bond acceptors (Lipinski definition) is 9. The summed E-state index contributed by atoms with van der Waals surface area (Å²) in [5, 5.41) is 2.66. The van der Waals surface area contributed by atoms with Gasteiger partial charge in [0.1, 0.15) is 21.1 Å². The lowest BCUT2D eigenvalue weighted by atomic mass is 10.1. The van der Waals surface area contributed by atoms with Crippen molar-refractivity contribution in [2.75, 3.05) is 13.2 Å². The van der Waals surface area contributed by atoms with Gasteiger partial charge in [-0.25, -0.2) is 19.6 Å². The molecule has 0 unspecified atom stereocenters. The van der Waals surface area contributed by atoms with Gasteiger partial charge in [-0.05, 0) is 44.4 Å². The van der Waals surface area contributed by atoms with E-state index in [0.29, 0.717) is 10.0 Å². The van der Waals surface area contributed by atoms with Crippen molar-refractivity contribution in [2.45, 2.75) is 20.8 Å². The van der Waals surface area contributed by atoms with Crippen LogP contribution in [0.15, 0.2) is 39.6 Å². The second-order valence-electron chi connectivity index (χ2n) is 5.88. The minimum absolute atomic E-state index is 0.0858. The standard InChI is InChI=1S/C21H20N2O4S3/c1-4-26-20(24)16-17(21(25)27-5-2)19(23-12-15-9-8-13(3)29-15)30-18(16)22-11-14-7-6-10-28-14/h6-12H,4-5H2,1-3H3. The number of rotatable bonds is 8. The lowest BCUT2D eigenvalue weighted by molar-refractivity contribution is 0.0481. The monoisotopic (exact) mass is 460 g/mol. The highest BCUT2D eigenvalue weighted by Crippen LogP contribution is 2.42. The predicted molar refractivity (Wildman–Crippen MR) is 124 cm³/mol. The third kappa shape index (κ3) is 5.29. The Kier molecular flexibility index (Phi) is 7.67. The summed E-state index contributed by atoms with van der Waals surface area (Å²) in [6.07, 6.45) is 3.33. The zero-order valence-corrected chi connectivity index (χ0v) is 19.2. The number of aliphatic imine (C=N–C) groups is 2. The van der Waals surface area contributed by atoms with Gasteiger partial charge in [0.25, 0.3) is 0 Å². The number of esters is 2. The number of carbonyl (C=O) groups excluding carboxylic acids is 2. The summed E-state index contributed by atoms with van der Waals surface area (Å²) in [4.78, 5) is 37.4. The molecule has 0 amide bonds. The quantitative estimate of drug-likeness (QED) is 0.303. The van der Waals surface area contributed by atoms with Crippen molar-refractivity contribution in [3.05, 3.63) is 55.4 Å². The van der Waals surface area contributed by atoms with E-state index in [2.05, 4.69) is 9.98 Å². The fourth-order valence-electron chi connectivity index (χ4n) is 2.51. The molecule has 0 aliphatic carbocycles. The number of aryl methyl sites for hydroxylation is 1. The Labute approximate surface area is 186 Å². The Hall–Kier alpha value is -2.62. The molecule has 3 aromatic heterocycles. The number of hydrogen-bond donors (Lipinski definition) is 0. The van der Waals surface area contributed by atoms with Crippen molar-refractivity contribution in [3.63, 3.8) is 0 Å². The van der Waals surface area contributed by atoms with E-state index in [9.17, 15) is 9.59 Å². The molecular formula is C21H20N2O4S3. The summed E-state index contributed by atoms with van der Waals surface area (Å²) < 4.78 is 10.4. The molecule has 6 nitrogen and oxygen atoms in total. The highest BCUT2D eigenvalue weighted by Gasteiger charge is 2.30. The smallest absolute Gasteiger partial charge is 0.342 e. The molecular weight excluding hydrogens is 440 g/mol. The van der Waals surface area contributed by atoms with Crippen molar-refractivity contribution in [2.24, 2.45) is 9.98 Å². The first-order valence-corrected chi connectivity index (χ1v) is 11.7. The minimum atomic E-state index is -0.622. The fraction of sp³-hybridized carbons (Fsp3) is 0.238. The molecule has 0 saturated carbocycles. The number of carbonyl (C=O) groups is 2. The average molecular weight is 461 g/mol. The number of ether oxygens (including phenoxy) is 2. The molecule has 9 heteroatoms. The van der Waals surface area contributed by atoms with Crippen LogP contribution in [0, 0.1) is 6.92 Å². The van der Waals surface area contributed by atoms with E-state index in [1.165, 1.54) is 11.3 Å². The normalized spacial score (nSPS) is 11.4. The first kappa shape index (κ1) is 22.1. The van der Waals surface area contributed by atoms with Crippen molar-refractivity contribution in [1.29, 1.82) is 0 Å². The number of nitrogens with zero attached hydrogens (tertiary/aromatic N) is 2. The first-order valence-electron chi connectivity index (χ1n) is 9.22. The fourth-order valence-corrected chi connectivity index (χ4v) is 4.81. The molecule has 0 bridgehead atoms. The highest BCUT2D eigenvalue weighted by atomic mass is 32.1. The molecule has 0 atom stereocenters. The molecule has 3 rings (SSSR count). The van der Waals surface area contributed by atoms with Crippen molar-refractivity contribution >= 4 is 68.4 Å². The van der Waals surface area contributed by atoms with Gasteiger partial charge in [-0.3, -0.25) is 0 Å². The van der Waals surface area contributed by atoms with E-state index < -0.39 is 11.9 Å².